The van der Waals surface area contributed by atoms with Crippen molar-refractivity contribution in [3.8, 4) is 0 Å². The largest absolute Gasteiger partial charge is 0.440 e. The lowest BCUT2D eigenvalue weighted by Crippen LogP contribution is -2.30. The van der Waals surface area contributed by atoms with E-state index >= 15 is 0 Å². The van der Waals surface area contributed by atoms with Crippen molar-refractivity contribution in [2.45, 2.75) is 77.2 Å². The highest BCUT2D eigenvalue weighted by molar-refractivity contribution is 6.11. The molecule has 0 amide bonds. The molecule has 0 bridgehead atoms. The van der Waals surface area contributed by atoms with Crippen LogP contribution in [-0.4, -0.2) is 23.0 Å². The first-order valence-corrected chi connectivity index (χ1v) is 11.5. The van der Waals surface area contributed by atoms with Crippen molar-refractivity contribution in [1.82, 2.24) is 4.98 Å². The molecular weight excluding hydrogens is 431 g/mol. The molecule has 1 heterocycles. The van der Waals surface area contributed by atoms with Gasteiger partial charge in [-0.1, -0.05) is 38.8 Å². The number of fused-ring (bicyclic) bond motifs is 1. The predicted molar refractivity (Wildman–Crippen MR) is 119 cm³/mol. The molecule has 1 aromatic carbocycles. The van der Waals surface area contributed by atoms with Gasteiger partial charge in [-0.2, -0.15) is 13.2 Å². The zero-order valence-electron chi connectivity index (χ0n) is 19.3. The number of carbonyl (C=O) groups is 1. The Hall–Kier alpha value is -2.25. The Morgan fingerprint density at radius 3 is 2.36 bits per heavy atom. The number of aromatic nitrogens is 1. The summed E-state index contributed by atoms with van der Waals surface area (Å²) >= 11 is 0. The number of ketones is 1. The average molecular weight is 463 g/mol. The number of nitrogens with zero attached hydrogens (tertiary/aromatic N) is 1. The van der Waals surface area contributed by atoms with E-state index in [1.54, 1.807) is 7.11 Å². The fraction of sp³-hybridized carbons (Fsp3) is 0.538. The number of pyridine rings is 1. The maximum Gasteiger partial charge on any atom is 0.416 e. The molecule has 2 aromatic rings. The Morgan fingerprint density at radius 1 is 1.15 bits per heavy atom. The van der Waals surface area contributed by atoms with E-state index in [1.165, 1.54) is 12.1 Å². The lowest BCUT2D eigenvalue weighted by Gasteiger charge is -2.35. The molecule has 33 heavy (non-hydrogen) atoms. The molecule has 178 valence electrons. The van der Waals surface area contributed by atoms with Crippen molar-refractivity contribution in [3.05, 3.63) is 63.5 Å². The maximum absolute atomic E-state index is 13.8. The number of methoxy groups -OCH3 is 1. The van der Waals surface area contributed by atoms with Gasteiger partial charge in [-0.3, -0.25) is 9.78 Å². The van der Waals surface area contributed by atoms with Gasteiger partial charge in [0.2, 0.25) is 0 Å². The summed E-state index contributed by atoms with van der Waals surface area (Å²) in [5, 5.41) is 8.92. The fourth-order valence-corrected chi connectivity index (χ4v) is 5.52. The molecule has 7 heteroatoms. The van der Waals surface area contributed by atoms with Gasteiger partial charge in [-0.25, -0.2) is 0 Å². The smallest absolute Gasteiger partial charge is 0.416 e. The van der Waals surface area contributed by atoms with Crippen LogP contribution in [0.2, 0.25) is 0 Å². The topological polar surface area (TPSA) is 62.1 Å². The number of rotatable bonds is 5. The molecule has 0 saturated heterocycles. The first-order chi connectivity index (χ1) is 15.5. The number of alkyl halides is 3. The Labute approximate surface area is 192 Å². The molecule has 2 aliphatic carbocycles. The fourth-order valence-electron chi connectivity index (χ4n) is 5.52. The van der Waals surface area contributed by atoms with E-state index in [9.17, 15) is 18.0 Å². The molecule has 1 saturated carbocycles. The van der Waals surface area contributed by atoms with Gasteiger partial charge in [0.1, 0.15) is 0 Å². The van der Waals surface area contributed by atoms with Crippen molar-refractivity contribution >= 4 is 5.78 Å². The number of ether oxygens (including phenoxy) is 1. The monoisotopic (exact) mass is 462 g/mol. The van der Waals surface area contributed by atoms with Crippen LogP contribution in [0.4, 0.5) is 13.2 Å². The third-order valence-electron chi connectivity index (χ3n) is 6.93. The number of carbonyl (C=O) groups excluding carboxylic acids is 1. The molecule has 1 aromatic heterocycles. The van der Waals surface area contributed by atoms with E-state index in [0.29, 0.717) is 17.7 Å². The van der Waals surface area contributed by atoms with Crippen LogP contribution in [0.25, 0.3) is 0 Å². The molecule has 0 aliphatic heterocycles. The number of hydrogen-bond acceptors (Lipinski definition) is 3. The van der Waals surface area contributed by atoms with E-state index < -0.39 is 17.8 Å². The molecular formula is C26H31F3NO3+. The van der Waals surface area contributed by atoms with Crippen LogP contribution >= 0.6 is 0 Å². The molecule has 0 spiro atoms. The minimum atomic E-state index is -4.46. The van der Waals surface area contributed by atoms with Gasteiger partial charge in [-0.15, -0.1) is 0 Å². The molecule has 4 nitrogen and oxygen atoms in total. The Bertz CT molecular complexity index is 1040. The van der Waals surface area contributed by atoms with Gasteiger partial charge in [-0.05, 0) is 48.3 Å². The van der Waals surface area contributed by atoms with Crippen LogP contribution in [0, 0.1) is 5.41 Å². The van der Waals surface area contributed by atoms with Crippen molar-refractivity contribution in [3.63, 3.8) is 0 Å². The van der Waals surface area contributed by atoms with E-state index in [2.05, 4.69) is 13.8 Å². The van der Waals surface area contributed by atoms with Crippen LogP contribution < -0.4 is 0 Å². The van der Waals surface area contributed by atoms with Crippen LogP contribution in [0.15, 0.2) is 24.3 Å². The van der Waals surface area contributed by atoms with Gasteiger partial charge < -0.3 is 9.84 Å². The van der Waals surface area contributed by atoms with Gasteiger partial charge in [0, 0.05) is 19.1 Å². The second kappa shape index (κ2) is 8.84. The van der Waals surface area contributed by atoms with Gasteiger partial charge in [0.25, 0.3) is 0 Å². The third kappa shape index (κ3) is 4.71. The quantitative estimate of drug-likeness (QED) is 0.412. The Balaban J connectivity index is 1.91. The lowest BCUT2D eigenvalue weighted by atomic mass is 9.71. The first-order valence-electron chi connectivity index (χ1n) is 11.5. The van der Waals surface area contributed by atoms with E-state index in [4.69, 9.17) is 14.8 Å². The summed E-state index contributed by atoms with van der Waals surface area (Å²) in [6.07, 6.45) is 0.451. The summed E-state index contributed by atoms with van der Waals surface area (Å²) in [5.74, 6) is -0.190. The molecule has 0 unspecified atom stereocenters. The molecule has 1 atom stereocenters. The van der Waals surface area contributed by atoms with E-state index in [0.717, 1.165) is 61.1 Å². The SMILES string of the molecule is COCc1nc2c(c(C3CCCC3)c1C(=O)c1ccc(C(F)(F)F)cc1)[C@@H]([OH2+])CC(C)(C)C2. The zero-order valence-corrected chi connectivity index (χ0v) is 19.3. The summed E-state index contributed by atoms with van der Waals surface area (Å²) in [5.41, 5.74) is 2.91. The van der Waals surface area contributed by atoms with Crippen molar-refractivity contribution in [1.29, 1.82) is 0 Å². The first kappa shape index (κ1) is 23.9. The van der Waals surface area contributed by atoms with Crippen molar-refractivity contribution < 1.29 is 27.8 Å². The molecule has 0 radical (unpaired) electrons. The summed E-state index contributed by atoms with van der Waals surface area (Å²) < 4.78 is 44.5. The van der Waals surface area contributed by atoms with Crippen molar-refractivity contribution in [2.75, 3.05) is 7.11 Å². The van der Waals surface area contributed by atoms with Gasteiger partial charge in [0.15, 0.2) is 11.9 Å². The number of halogens is 3. The zero-order chi connectivity index (χ0) is 24.0. The molecule has 1 fully saturated rings. The minimum absolute atomic E-state index is 0.0668. The Morgan fingerprint density at radius 2 is 1.79 bits per heavy atom. The van der Waals surface area contributed by atoms with E-state index in [1.807, 2.05) is 0 Å². The van der Waals surface area contributed by atoms with Crippen molar-refractivity contribution in [2.24, 2.45) is 5.41 Å². The summed E-state index contributed by atoms with van der Waals surface area (Å²) in [4.78, 5) is 18.6. The molecule has 4 rings (SSSR count). The highest BCUT2D eigenvalue weighted by Gasteiger charge is 2.41. The minimum Gasteiger partial charge on any atom is -0.440 e. The maximum atomic E-state index is 13.8. The molecule has 2 aliphatic rings. The van der Waals surface area contributed by atoms with Gasteiger partial charge in [0.05, 0.1) is 34.7 Å². The van der Waals surface area contributed by atoms with Crippen LogP contribution in [0.3, 0.4) is 0 Å². The summed E-state index contributed by atoms with van der Waals surface area (Å²) in [6.45, 7) is 4.40. The Kier molecular flexibility index (Phi) is 6.40. The van der Waals surface area contributed by atoms with Gasteiger partial charge >= 0.3 is 6.18 Å². The summed E-state index contributed by atoms with van der Waals surface area (Å²) in [7, 11) is 1.54. The predicted octanol–water partition coefficient (Wildman–Crippen LogP) is 5.87. The van der Waals surface area contributed by atoms with Crippen LogP contribution in [0.5, 0.6) is 0 Å². The lowest BCUT2D eigenvalue weighted by molar-refractivity contribution is -0.137. The number of benzene rings is 1. The second-order valence-corrected chi connectivity index (χ2v) is 10.1. The third-order valence-corrected chi connectivity index (χ3v) is 6.93. The molecule has 2 N–H and O–H groups in total. The second-order valence-electron chi connectivity index (χ2n) is 10.1. The highest BCUT2D eigenvalue weighted by Crippen LogP contribution is 2.48. The normalized spacial score (nSPS) is 20.6. The standard InChI is InChI=1S/C26H30F3NO3/c1-25(2)12-18-22(20(31)13-25)21(15-6-4-5-7-15)23(19(30-18)14-33-3)24(32)16-8-10-17(11-9-16)26(27,28)29/h8-11,15,20,31H,4-7,12-14H2,1-3H3/p+1/t20-/m0/s1. The van der Waals surface area contributed by atoms with Crippen LogP contribution in [-0.2, 0) is 23.9 Å². The highest BCUT2D eigenvalue weighted by atomic mass is 19.4. The average Bonchev–Trinajstić information content (AvgIpc) is 3.25. The number of hydrogen-bond donors (Lipinski definition) is 0. The van der Waals surface area contributed by atoms with E-state index in [-0.39, 0.29) is 29.3 Å². The van der Waals surface area contributed by atoms with Crippen LogP contribution in [0.1, 0.15) is 102 Å². The summed E-state index contributed by atoms with van der Waals surface area (Å²) in [6, 6.07) is 4.36.